The van der Waals surface area contributed by atoms with Crippen molar-refractivity contribution < 1.29 is 13.2 Å². The number of sulfone groups is 1. The molecule has 2 amide bonds. The fraction of sp³-hybridized carbons (Fsp3) is 0.625. The molecule has 0 aliphatic heterocycles. The molecule has 0 radical (unpaired) electrons. The Morgan fingerprint density at radius 2 is 2.04 bits per heavy atom. The number of urea groups is 1. The van der Waals surface area contributed by atoms with Gasteiger partial charge in [-0.2, -0.15) is 0 Å². The third-order valence-corrected chi connectivity index (χ3v) is 5.44. The predicted molar refractivity (Wildman–Crippen MR) is 88.8 cm³/mol. The van der Waals surface area contributed by atoms with Gasteiger partial charge < -0.3 is 10.2 Å². The Labute approximate surface area is 138 Å². The minimum Gasteiger partial charge on any atom is -0.332 e. The van der Waals surface area contributed by atoms with Crippen molar-refractivity contribution in [3.8, 4) is 0 Å². The largest absolute Gasteiger partial charge is 0.332 e. The summed E-state index contributed by atoms with van der Waals surface area (Å²) in [5.41, 5.74) is 0.378. The summed E-state index contributed by atoms with van der Waals surface area (Å²) < 4.78 is 23.5. The summed E-state index contributed by atoms with van der Waals surface area (Å²) in [5.74, 6) is 0. The lowest BCUT2D eigenvalue weighted by molar-refractivity contribution is 0.159. The second-order valence-corrected chi connectivity index (χ2v) is 7.94. The van der Waals surface area contributed by atoms with Crippen molar-refractivity contribution in [2.75, 3.05) is 12.8 Å². The number of rotatable bonds is 5. The fourth-order valence-electron chi connectivity index (χ4n) is 3.11. The van der Waals surface area contributed by atoms with E-state index in [4.69, 9.17) is 0 Å². The van der Waals surface area contributed by atoms with E-state index in [1.165, 1.54) is 18.7 Å². The summed E-state index contributed by atoms with van der Waals surface area (Å²) >= 11 is 0. The molecule has 1 saturated carbocycles. The third-order valence-electron chi connectivity index (χ3n) is 4.27. The van der Waals surface area contributed by atoms with Crippen molar-refractivity contribution in [2.45, 2.75) is 56.5 Å². The van der Waals surface area contributed by atoms with Crippen molar-refractivity contribution in [1.82, 2.24) is 15.2 Å². The molecule has 1 fully saturated rings. The first-order chi connectivity index (χ1) is 10.9. The zero-order valence-electron chi connectivity index (χ0n) is 13.8. The van der Waals surface area contributed by atoms with Crippen molar-refractivity contribution >= 4 is 15.9 Å². The topological polar surface area (TPSA) is 79.4 Å². The number of hydrogen-bond acceptors (Lipinski definition) is 4. The van der Waals surface area contributed by atoms with Crippen LogP contribution in [0.2, 0.25) is 0 Å². The first-order valence-corrected chi connectivity index (χ1v) is 10.0. The summed E-state index contributed by atoms with van der Waals surface area (Å²) in [6.07, 6.45) is 8.32. The molecule has 1 heterocycles. The van der Waals surface area contributed by atoms with Crippen LogP contribution in [0.1, 0.15) is 44.7 Å². The van der Waals surface area contributed by atoms with E-state index >= 15 is 0 Å². The third kappa shape index (κ3) is 4.67. The molecule has 1 aromatic heterocycles. The Hall–Kier alpha value is -1.63. The highest BCUT2D eigenvalue weighted by Gasteiger charge is 2.24. The van der Waals surface area contributed by atoms with Gasteiger partial charge in [0.2, 0.25) is 0 Å². The molecule has 6 nitrogen and oxygen atoms in total. The van der Waals surface area contributed by atoms with Gasteiger partial charge in [0.15, 0.2) is 9.84 Å². The molecule has 128 valence electrons. The Morgan fingerprint density at radius 3 is 2.65 bits per heavy atom. The van der Waals surface area contributed by atoms with Crippen LogP contribution in [-0.4, -0.2) is 43.2 Å². The molecule has 1 aliphatic carbocycles. The lowest BCUT2D eigenvalue weighted by Gasteiger charge is -2.33. The van der Waals surface area contributed by atoms with Gasteiger partial charge in [-0.25, -0.2) is 13.2 Å². The molecule has 1 aliphatic rings. The van der Waals surface area contributed by atoms with E-state index in [-0.39, 0.29) is 23.5 Å². The number of carbonyl (C=O) groups is 1. The van der Waals surface area contributed by atoms with E-state index in [9.17, 15) is 13.2 Å². The van der Waals surface area contributed by atoms with Gasteiger partial charge >= 0.3 is 6.03 Å². The highest BCUT2D eigenvalue weighted by Crippen LogP contribution is 2.22. The average molecular weight is 339 g/mol. The fourth-order valence-corrected chi connectivity index (χ4v) is 3.99. The zero-order valence-corrected chi connectivity index (χ0v) is 14.6. The molecule has 2 rings (SSSR count). The lowest BCUT2D eigenvalue weighted by atomic mass is 9.94. The van der Waals surface area contributed by atoms with Crippen LogP contribution >= 0.6 is 0 Å². The van der Waals surface area contributed by atoms with Gasteiger partial charge in [-0.3, -0.25) is 4.98 Å². The molecular weight excluding hydrogens is 314 g/mol. The lowest BCUT2D eigenvalue weighted by Crippen LogP contribution is -2.46. The monoisotopic (exact) mass is 339 g/mol. The molecule has 0 saturated heterocycles. The van der Waals surface area contributed by atoms with Gasteiger partial charge in [-0.15, -0.1) is 0 Å². The SMILES string of the molecule is CCN(C(=O)NCc1ncccc1S(C)(=O)=O)C1CCCCC1. The second kappa shape index (κ2) is 7.77. The van der Waals surface area contributed by atoms with Gasteiger partial charge in [0, 0.05) is 25.0 Å². The van der Waals surface area contributed by atoms with Crippen LogP contribution < -0.4 is 5.32 Å². The van der Waals surface area contributed by atoms with E-state index in [1.54, 1.807) is 6.07 Å². The summed E-state index contributed by atoms with van der Waals surface area (Å²) in [4.78, 5) is 18.6. The van der Waals surface area contributed by atoms with Crippen LogP contribution in [0.4, 0.5) is 4.79 Å². The molecule has 0 aromatic carbocycles. The molecule has 23 heavy (non-hydrogen) atoms. The number of nitrogens with one attached hydrogen (secondary N) is 1. The second-order valence-electron chi connectivity index (χ2n) is 5.96. The van der Waals surface area contributed by atoms with Crippen LogP contribution in [-0.2, 0) is 16.4 Å². The summed E-state index contributed by atoms with van der Waals surface area (Å²) in [6, 6.07) is 3.24. The average Bonchev–Trinajstić information content (AvgIpc) is 2.54. The van der Waals surface area contributed by atoms with Crippen molar-refractivity contribution in [3.05, 3.63) is 24.0 Å². The molecule has 0 atom stereocenters. The Bertz CT molecular complexity index is 640. The Morgan fingerprint density at radius 1 is 1.35 bits per heavy atom. The van der Waals surface area contributed by atoms with Gasteiger partial charge in [0.05, 0.1) is 17.1 Å². The number of nitrogens with zero attached hydrogens (tertiary/aromatic N) is 2. The van der Waals surface area contributed by atoms with Gasteiger partial charge in [-0.1, -0.05) is 19.3 Å². The number of pyridine rings is 1. The normalized spacial score (nSPS) is 16.1. The first-order valence-electron chi connectivity index (χ1n) is 8.12. The van der Waals surface area contributed by atoms with Gasteiger partial charge in [0.25, 0.3) is 0 Å². The summed E-state index contributed by atoms with van der Waals surface area (Å²) in [5, 5.41) is 2.82. The molecule has 1 N–H and O–H groups in total. The minimum atomic E-state index is -3.36. The van der Waals surface area contributed by atoms with Crippen LogP contribution in [0.3, 0.4) is 0 Å². The number of amides is 2. The maximum atomic E-state index is 12.4. The Balaban J connectivity index is 2.03. The summed E-state index contributed by atoms with van der Waals surface area (Å²) in [6.45, 7) is 2.74. The van der Waals surface area contributed by atoms with Gasteiger partial charge in [-0.05, 0) is 31.9 Å². The molecule has 0 bridgehead atoms. The van der Waals surface area contributed by atoms with Crippen molar-refractivity contribution in [1.29, 1.82) is 0 Å². The van der Waals surface area contributed by atoms with E-state index in [1.807, 2.05) is 11.8 Å². The van der Waals surface area contributed by atoms with E-state index in [2.05, 4.69) is 10.3 Å². The Kier molecular flexibility index (Phi) is 5.98. The highest BCUT2D eigenvalue weighted by atomic mass is 32.2. The standard InChI is InChI=1S/C16H25N3O3S/c1-3-19(13-8-5-4-6-9-13)16(20)18-12-14-15(23(2,21)22)10-7-11-17-14/h7,10-11,13H,3-6,8-9,12H2,1-2H3,(H,18,20). The van der Waals surface area contributed by atoms with Crippen LogP contribution in [0.25, 0.3) is 0 Å². The van der Waals surface area contributed by atoms with Crippen LogP contribution in [0.15, 0.2) is 23.2 Å². The molecule has 7 heteroatoms. The highest BCUT2D eigenvalue weighted by molar-refractivity contribution is 7.90. The number of aromatic nitrogens is 1. The van der Waals surface area contributed by atoms with Gasteiger partial charge in [0.1, 0.15) is 0 Å². The molecule has 1 aromatic rings. The number of carbonyl (C=O) groups excluding carboxylic acids is 1. The number of hydrogen-bond donors (Lipinski definition) is 1. The smallest absolute Gasteiger partial charge is 0.317 e. The van der Waals surface area contributed by atoms with Crippen molar-refractivity contribution in [2.24, 2.45) is 0 Å². The molecule has 0 spiro atoms. The van der Waals surface area contributed by atoms with Crippen LogP contribution in [0, 0.1) is 0 Å². The first kappa shape index (κ1) is 17.7. The predicted octanol–water partition coefficient (Wildman–Crippen LogP) is 2.35. The van der Waals surface area contributed by atoms with E-state index in [0.29, 0.717) is 12.2 Å². The maximum Gasteiger partial charge on any atom is 0.317 e. The quantitative estimate of drug-likeness (QED) is 0.893. The van der Waals surface area contributed by atoms with E-state index in [0.717, 1.165) is 31.9 Å². The zero-order chi connectivity index (χ0) is 16.9. The minimum absolute atomic E-state index is 0.116. The summed E-state index contributed by atoms with van der Waals surface area (Å²) in [7, 11) is -3.36. The van der Waals surface area contributed by atoms with Crippen LogP contribution in [0.5, 0.6) is 0 Å². The van der Waals surface area contributed by atoms with E-state index < -0.39 is 9.84 Å². The molecule has 0 unspecified atom stereocenters. The maximum absolute atomic E-state index is 12.4. The molecular formula is C16H25N3O3S. The van der Waals surface area contributed by atoms with Crippen molar-refractivity contribution in [3.63, 3.8) is 0 Å².